The van der Waals surface area contributed by atoms with Crippen LogP contribution in [0.2, 0.25) is 0 Å². The summed E-state index contributed by atoms with van der Waals surface area (Å²) in [6, 6.07) is 5.03. The van der Waals surface area contributed by atoms with Gasteiger partial charge in [-0.1, -0.05) is 6.07 Å². The van der Waals surface area contributed by atoms with Gasteiger partial charge in [-0.15, -0.1) is 4.99 Å². The average molecular weight is 465 g/mol. The van der Waals surface area contributed by atoms with Crippen LogP contribution in [0.25, 0.3) is 0 Å². The number of nitriles is 1. The Morgan fingerprint density at radius 2 is 1.81 bits per heavy atom. The molecular formula is C21H29FN6O3S. The topological polar surface area (TPSA) is 138 Å². The van der Waals surface area contributed by atoms with E-state index in [9.17, 15) is 14.3 Å². The van der Waals surface area contributed by atoms with E-state index in [1.807, 2.05) is 9.21 Å². The molecule has 0 aromatic heterocycles. The van der Waals surface area contributed by atoms with Crippen molar-refractivity contribution in [2.45, 2.75) is 32.3 Å². The van der Waals surface area contributed by atoms with Gasteiger partial charge in [-0.25, -0.2) is 17.7 Å². The molecule has 1 aromatic carbocycles. The molecule has 0 radical (unpaired) electrons. The van der Waals surface area contributed by atoms with Crippen molar-refractivity contribution in [3.8, 4) is 6.07 Å². The molecule has 1 unspecified atom stereocenters. The minimum absolute atomic E-state index is 0.153. The Bertz CT molecular complexity index is 930. The Kier molecular flexibility index (Phi) is 8.04. The summed E-state index contributed by atoms with van der Waals surface area (Å²) in [6.07, 6.45) is 4.59. The maximum atomic E-state index is 15.3. The number of anilines is 1. The third kappa shape index (κ3) is 5.75. The lowest BCUT2D eigenvalue weighted by atomic mass is 9.79. The summed E-state index contributed by atoms with van der Waals surface area (Å²) in [5.41, 5.74) is 10.9. The normalized spacial score (nSPS) is 19.2. The lowest BCUT2D eigenvalue weighted by Crippen LogP contribution is -2.41. The third-order valence-electron chi connectivity index (χ3n) is 6.27. The van der Waals surface area contributed by atoms with Crippen LogP contribution in [0.3, 0.4) is 0 Å². The van der Waals surface area contributed by atoms with Crippen molar-refractivity contribution in [1.82, 2.24) is 4.31 Å². The zero-order chi connectivity index (χ0) is 23.3. The molecule has 2 saturated heterocycles. The maximum Gasteiger partial charge on any atom is 0.437 e. The molecule has 1 amide bonds. The summed E-state index contributed by atoms with van der Waals surface area (Å²) in [5.74, 6) is 0.112. The number of carbonyl (C=O) groups excluding carboxylic acids is 1. The first kappa shape index (κ1) is 23.9. The number of benzene rings is 1. The Hall–Kier alpha value is -2.71. The van der Waals surface area contributed by atoms with E-state index >= 15 is 4.39 Å². The van der Waals surface area contributed by atoms with Gasteiger partial charge < -0.3 is 21.1 Å². The van der Waals surface area contributed by atoms with Gasteiger partial charge in [-0.05, 0) is 43.6 Å². The predicted octanol–water partition coefficient (Wildman–Crippen LogP) is 1.83. The van der Waals surface area contributed by atoms with Gasteiger partial charge in [0.15, 0.2) is 11.8 Å². The summed E-state index contributed by atoms with van der Waals surface area (Å²) in [5, 5.41) is 9.50. The Morgan fingerprint density at radius 3 is 2.34 bits per heavy atom. The van der Waals surface area contributed by atoms with E-state index in [0.29, 0.717) is 24.9 Å². The Morgan fingerprint density at radius 1 is 1.22 bits per heavy atom. The van der Waals surface area contributed by atoms with Gasteiger partial charge >= 0.3 is 6.09 Å². The van der Waals surface area contributed by atoms with E-state index in [1.165, 1.54) is 12.1 Å². The van der Waals surface area contributed by atoms with Gasteiger partial charge in [0.05, 0.1) is 22.2 Å². The minimum Gasteiger partial charge on any atom is -0.443 e. The van der Waals surface area contributed by atoms with Crippen molar-refractivity contribution in [3.05, 3.63) is 29.1 Å². The van der Waals surface area contributed by atoms with E-state index in [2.05, 4.69) is 11.1 Å². The number of rotatable bonds is 5. The predicted molar refractivity (Wildman–Crippen MR) is 120 cm³/mol. The van der Waals surface area contributed by atoms with Crippen molar-refractivity contribution in [2.24, 2.45) is 28.3 Å². The number of hydrogen-bond acceptors (Lipinski definition) is 5. The second-order valence-electron chi connectivity index (χ2n) is 8.15. The van der Waals surface area contributed by atoms with Crippen LogP contribution in [0.1, 0.15) is 36.8 Å². The molecule has 0 saturated carbocycles. The second-order valence-corrected chi connectivity index (χ2v) is 9.52. The van der Waals surface area contributed by atoms with Gasteiger partial charge in [-0.2, -0.15) is 5.26 Å². The van der Waals surface area contributed by atoms with E-state index < -0.39 is 28.9 Å². The summed E-state index contributed by atoms with van der Waals surface area (Å²) in [6.45, 7) is 2.65. The molecule has 2 aliphatic heterocycles. The summed E-state index contributed by atoms with van der Waals surface area (Å²) in [7, 11) is -0.917. The SMILES string of the molecule is CS(=O)N1CCC(C2CCN(c3c(C#N)ccc(COC(=O)N=C(N)N)c3F)CC2)CC1. The molecule has 0 spiro atoms. The van der Waals surface area contributed by atoms with Crippen molar-refractivity contribution >= 4 is 28.7 Å². The van der Waals surface area contributed by atoms with Crippen LogP contribution in [-0.2, 0) is 22.3 Å². The van der Waals surface area contributed by atoms with Gasteiger partial charge in [0.25, 0.3) is 0 Å². The first-order valence-corrected chi connectivity index (χ1v) is 12.1. The molecule has 0 aliphatic carbocycles. The molecular weight excluding hydrogens is 435 g/mol. The highest BCUT2D eigenvalue weighted by Crippen LogP contribution is 2.36. The minimum atomic E-state index is -1.01. The summed E-state index contributed by atoms with van der Waals surface area (Å²) < 4.78 is 33.8. The number of aliphatic imine (C=N–C) groups is 1. The second kappa shape index (κ2) is 10.7. The standard InChI is InChI=1S/C21H29FN6O3S/c1-32(30)28-10-6-15(7-11-28)14-4-8-27(9-5-14)19-16(12-23)2-3-17(18(19)22)13-31-21(29)26-20(24)25/h2-3,14-15H,4-11,13H2,1H3,(H4,24,25,26,29). The van der Waals surface area contributed by atoms with Gasteiger partial charge in [-0.3, -0.25) is 0 Å². The zero-order valence-corrected chi connectivity index (χ0v) is 18.9. The number of ether oxygens (including phenoxy) is 1. The number of halogens is 1. The lowest BCUT2D eigenvalue weighted by Gasteiger charge is -2.40. The van der Waals surface area contributed by atoms with E-state index in [4.69, 9.17) is 16.2 Å². The number of nitrogens with zero attached hydrogens (tertiary/aromatic N) is 4. The molecule has 11 heteroatoms. The first-order valence-electron chi connectivity index (χ1n) is 10.6. The fourth-order valence-corrected chi connectivity index (χ4v) is 5.32. The Balaban J connectivity index is 1.65. The van der Waals surface area contributed by atoms with Crippen molar-refractivity contribution in [1.29, 1.82) is 5.26 Å². The van der Waals surface area contributed by atoms with Crippen LogP contribution in [0.5, 0.6) is 0 Å². The molecule has 32 heavy (non-hydrogen) atoms. The molecule has 9 nitrogen and oxygen atoms in total. The van der Waals surface area contributed by atoms with E-state index in [1.54, 1.807) is 6.26 Å². The van der Waals surface area contributed by atoms with Gasteiger partial charge in [0.1, 0.15) is 12.7 Å². The molecule has 4 N–H and O–H groups in total. The lowest BCUT2D eigenvalue weighted by molar-refractivity contribution is 0.149. The van der Waals surface area contributed by atoms with Gasteiger partial charge in [0, 0.05) is 38.0 Å². The molecule has 2 heterocycles. The van der Waals surface area contributed by atoms with Crippen LogP contribution >= 0.6 is 0 Å². The fourth-order valence-electron chi connectivity index (χ4n) is 4.59. The van der Waals surface area contributed by atoms with Gasteiger partial charge in [0.2, 0.25) is 0 Å². The third-order valence-corrected chi connectivity index (χ3v) is 7.37. The highest BCUT2D eigenvalue weighted by atomic mass is 32.2. The monoisotopic (exact) mass is 464 g/mol. The largest absolute Gasteiger partial charge is 0.443 e. The number of amides is 1. The first-order chi connectivity index (χ1) is 15.3. The molecule has 1 aromatic rings. The smallest absolute Gasteiger partial charge is 0.437 e. The van der Waals surface area contributed by atoms with Crippen molar-refractivity contribution < 1.29 is 18.1 Å². The fraction of sp³-hybridized carbons (Fsp3) is 0.571. The molecule has 1 atom stereocenters. The highest BCUT2D eigenvalue weighted by Gasteiger charge is 2.32. The van der Waals surface area contributed by atoms with Crippen LogP contribution in [0, 0.1) is 29.0 Å². The summed E-state index contributed by atoms with van der Waals surface area (Å²) >= 11 is 0. The number of carbonyl (C=O) groups is 1. The molecule has 3 rings (SSSR count). The molecule has 0 bridgehead atoms. The van der Waals surface area contributed by atoms with Crippen LogP contribution in [-0.4, -0.2) is 53.0 Å². The van der Waals surface area contributed by atoms with Crippen LogP contribution < -0.4 is 16.4 Å². The number of nitrogens with two attached hydrogens (primary N) is 2. The molecule has 2 fully saturated rings. The Labute approximate surface area is 189 Å². The number of hydrogen-bond donors (Lipinski definition) is 2. The molecule has 174 valence electrons. The zero-order valence-electron chi connectivity index (χ0n) is 18.1. The molecule has 2 aliphatic rings. The van der Waals surface area contributed by atoms with E-state index in [0.717, 1.165) is 38.8 Å². The highest BCUT2D eigenvalue weighted by molar-refractivity contribution is 7.81. The quantitative estimate of drug-likeness (QED) is 0.501. The summed E-state index contributed by atoms with van der Waals surface area (Å²) in [4.78, 5) is 16.7. The van der Waals surface area contributed by atoms with Crippen molar-refractivity contribution in [2.75, 3.05) is 37.3 Å². The number of piperidine rings is 2. The maximum absolute atomic E-state index is 15.3. The van der Waals surface area contributed by atoms with Crippen LogP contribution in [0.15, 0.2) is 17.1 Å². The number of guanidine groups is 1. The van der Waals surface area contributed by atoms with Crippen LogP contribution in [0.4, 0.5) is 14.9 Å². The van der Waals surface area contributed by atoms with Crippen molar-refractivity contribution in [3.63, 3.8) is 0 Å². The average Bonchev–Trinajstić information content (AvgIpc) is 2.77. The van der Waals surface area contributed by atoms with E-state index in [-0.39, 0.29) is 23.4 Å².